The largest absolute Gasteiger partial charge is 0.481 e. The number of hydrogen-bond donors (Lipinski definition) is 2. The van der Waals surface area contributed by atoms with E-state index in [0.29, 0.717) is 27.0 Å². The number of ether oxygens (including phenoxy) is 1. The number of nitrogens with zero attached hydrogens (tertiary/aromatic N) is 1. The Hall–Kier alpha value is -3.21. The van der Waals surface area contributed by atoms with E-state index in [2.05, 4.69) is 10.6 Å². The molecule has 34 heavy (non-hydrogen) atoms. The van der Waals surface area contributed by atoms with Crippen molar-refractivity contribution in [1.82, 2.24) is 0 Å². The highest BCUT2D eigenvalue weighted by atomic mass is 35.5. The maximum atomic E-state index is 12.4. The van der Waals surface area contributed by atoms with Crippen molar-refractivity contribution in [1.29, 1.82) is 5.26 Å². The number of amides is 2. The molecule has 0 aliphatic rings. The molecule has 0 saturated heterocycles. The van der Waals surface area contributed by atoms with E-state index in [9.17, 15) is 14.9 Å². The highest BCUT2D eigenvalue weighted by Crippen LogP contribution is 2.35. The summed E-state index contributed by atoms with van der Waals surface area (Å²) in [5, 5.41) is 15.7. The van der Waals surface area contributed by atoms with Gasteiger partial charge in [-0.25, -0.2) is 0 Å². The number of halogens is 4. The van der Waals surface area contributed by atoms with E-state index in [0.717, 1.165) is 0 Å². The van der Waals surface area contributed by atoms with Crippen LogP contribution in [0.15, 0.2) is 66.2 Å². The lowest BCUT2D eigenvalue weighted by atomic mass is 10.1. The Bertz CT molecular complexity index is 1280. The predicted molar refractivity (Wildman–Crippen MR) is 136 cm³/mol. The van der Waals surface area contributed by atoms with Crippen LogP contribution >= 0.6 is 46.4 Å². The Morgan fingerprint density at radius 1 is 0.912 bits per heavy atom. The lowest BCUT2D eigenvalue weighted by Crippen LogP contribution is -2.20. The van der Waals surface area contributed by atoms with Gasteiger partial charge in [-0.15, -0.1) is 0 Å². The molecule has 0 bridgehead atoms. The Morgan fingerprint density at radius 3 is 2.18 bits per heavy atom. The third-order valence-corrected chi connectivity index (χ3v) is 5.44. The van der Waals surface area contributed by atoms with Crippen LogP contribution in [0.4, 0.5) is 11.4 Å². The number of carbonyl (C=O) groups is 2. The fourth-order valence-electron chi connectivity index (χ4n) is 2.73. The number of carbonyl (C=O) groups excluding carboxylic acids is 2. The molecule has 10 heteroatoms. The highest BCUT2D eigenvalue weighted by molar-refractivity contribution is 6.37. The maximum Gasteiger partial charge on any atom is 0.266 e. The minimum absolute atomic E-state index is 0.0823. The Balaban J connectivity index is 1.69. The number of nitriles is 1. The quantitative estimate of drug-likeness (QED) is 0.256. The van der Waals surface area contributed by atoms with E-state index >= 15 is 0 Å². The lowest BCUT2D eigenvalue weighted by Gasteiger charge is -2.12. The predicted octanol–water partition coefficient (Wildman–Crippen LogP) is 6.86. The molecule has 0 atom stereocenters. The van der Waals surface area contributed by atoms with Gasteiger partial charge in [0.1, 0.15) is 11.6 Å². The van der Waals surface area contributed by atoms with Crippen LogP contribution in [0.5, 0.6) is 5.75 Å². The first-order valence-corrected chi connectivity index (χ1v) is 11.1. The van der Waals surface area contributed by atoms with Crippen LogP contribution < -0.4 is 15.4 Å². The van der Waals surface area contributed by atoms with Gasteiger partial charge >= 0.3 is 0 Å². The average molecular weight is 535 g/mol. The summed E-state index contributed by atoms with van der Waals surface area (Å²) < 4.78 is 5.47. The van der Waals surface area contributed by atoms with Crippen molar-refractivity contribution in [3.63, 3.8) is 0 Å². The van der Waals surface area contributed by atoms with Gasteiger partial charge in [-0.3, -0.25) is 9.59 Å². The molecule has 172 valence electrons. The van der Waals surface area contributed by atoms with E-state index in [1.807, 2.05) is 6.07 Å². The SMILES string of the molecule is N#C/C(=C/c1cc(Cl)c(OCC(=O)Nc2ccccc2Cl)c(Cl)c1)C(=O)Nc1ccc(Cl)cc1. The Kier molecular flexibility index (Phi) is 8.80. The molecule has 0 fully saturated rings. The maximum absolute atomic E-state index is 12.4. The van der Waals surface area contributed by atoms with E-state index in [4.69, 9.17) is 51.1 Å². The normalized spacial score (nSPS) is 10.9. The minimum Gasteiger partial charge on any atom is -0.481 e. The topological polar surface area (TPSA) is 91.2 Å². The van der Waals surface area contributed by atoms with Gasteiger partial charge in [0, 0.05) is 10.7 Å². The average Bonchev–Trinajstić information content (AvgIpc) is 2.80. The Morgan fingerprint density at radius 2 is 1.56 bits per heavy atom. The zero-order valence-corrected chi connectivity index (χ0v) is 20.3. The van der Waals surface area contributed by atoms with Crippen LogP contribution in [0, 0.1) is 11.3 Å². The minimum atomic E-state index is -0.617. The monoisotopic (exact) mass is 533 g/mol. The molecule has 0 spiro atoms. The molecule has 0 radical (unpaired) electrons. The van der Waals surface area contributed by atoms with Gasteiger partial charge in [0.05, 0.1) is 20.8 Å². The zero-order valence-electron chi connectivity index (χ0n) is 17.2. The van der Waals surface area contributed by atoms with E-state index in [-0.39, 0.29) is 28.0 Å². The van der Waals surface area contributed by atoms with E-state index in [1.54, 1.807) is 48.5 Å². The van der Waals surface area contributed by atoms with Crippen LogP contribution in [0.3, 0.4) is 0 Å². The first-order valence-electron chi connectivity index (χ1n) is 9.61. The summed E-state index contributed by atoms with van der Waals surface area (Å²) in [4.78, 5) is 24.6. The van der Waals surface area contributed by atoms with Crippen LogP contribution in [-0.2, 0) is 9.59 Å². The molecule has 3 rings (SSSR count). The van der Waals surface area contributed by atoms with Gasteiger partial charge in [0.25, 0.3) is 11.8 Å². The summed E-state index contributed by atoms with van der Waals surface area (Å²) in [6.45, 7) is -0.368. The molecule has 3 aromatic carbocycles. The van der Waals surface area contributed by atoms with Gasteiger partial charge in [-0.05, 0) is 60.2 Å². The van der Waals surface area contributed by atoms with E-state index in [1.165, 1.54) is 18.2 Å². The molecule has 0 unspecified atom stereocenters. The van der Waals surface area contributed by atoms with Crippen LogP contribution in [0.1, 0.15) is 5.56 Å². The third kappa shape index (κ3) is 6.89. The molecule has 2 N–H and O–H groups in total. The van der Waals surface area contributed by atoms with Crippen molar-refractivity contribution in [3.05, 3.63) is 91.9 Å². The summed E-state index contributed by atoms with van der Waals surface area (Å²) in [6, 6.07) is 18.0. The van der Waals surface area contributed by atoms with Crippen molar-refractivity contribution >= 4 is 75.7 Å². The van der Waals surface area contributed by atoms with Gasteiger partial charge in [-0.1, -0.05) is 58.5 Å². The van der Waals surface area contributed by atoms with Gasteiger partial charge in [0.15, 0.2) is 12.4 Å². The second kappa shape index (κ2) is 11.8. The number of nitrogens with one attached hydrogen (secondary N) is 2. The van der Waals surface area contributed by atoms with Gasteiger partial charge in [-0.2, -0.15) is 5.26 Å². The number of hydrogen-bond acceptors (Lipinski definition) is 4. The number of rotatable bonds is 7. The molecular weight excluding hydrogens is 520 g/mol. The summed E-state index contributed by atoms with van der Waals surface area (Å²) in [6.07, 6.45) is 1.33. The van der Waals surface area contributed by atoms with E-state index < -0.39 is 11.8 Å². The van der Waals surface area contributed by atoms with Crippen molar-refractivity contribution in [2.45, 2.75) is 0 Å². The molecule has 0 heterocycles. The third-order valence-electron chi connectivity index (χ3n) is 4.29. The summed E-state index contributed by atoms with van der Waals surface area (Å²) in [5.74, 6) is -0.998. The van der Waals surface area contributed by atoms with Crippen LogP contribution in [0.25, 0.3) is 6.08 Å². The van der Waals surface area contributed by atoms with Crippen LogP contribution in [0.2, 0.25) is 20.1 Å². The first kappa shape index (κ1) is 25.4. The molecule has 0 aliphatic carbocycles. The highest BCUT2D eigenvalue weighted by Gasteiger charge is 2.15. The van der Waals surface area contributed by atoms with Crippen molar-refractivity contribution in [3.8, 4) is 11.8 Å². The first-order chi connectivity index (χ1) is 16.3. The standard InChI is InChI=1S/C24H15Cl4N3O3/c25-16-5-7-17(8-6-16)30-24(33)15(12-29)9-14-10-19(27)23(20(28)11-14)34-13-22(32)31-21-4-2-1-3-18(21)26/h1-11H,13H2,(H,30,33)(H,31,32)/b15-9-. The molecule has 0 aliphatic heterocycles. The summed E-state index contributed by atoms with van der Waals surface area (Å²) in [5.41, 5.74) is 1.14. The number of anilines is 2. The fourth-order valence-corrected chi connectivity index (χ4v) is 3.66. The number of benzene rings is 3. The molecule has 0 aromatic heterocycles. The van der Waals surface area contributed by atoms with Gasteiger partial charge < -0.3 is 15.4 Å². The molecular formula is C24H15Cl4N3O3. The van der Waals surface area contributed by atoms with Crippen molar-refractivity contribution < 1.29 is 14.3 Å². The second-order valence-electron chi connectivity index (χ2n) is 6.76. The molecule has 2 amide bonds. The summed E-state index contributed by atoms with van der Waals surface area (Å²) >= 11 is 24.4. The second-order valence-corrected chi connectivity index (χ2v) is 8.42. The fraction of sp³-hybridized carbons (Fsp3) is 0.0417. The van der Waals surface area contributed by atoms with Crippen molar-refractivity contribution in [2.24, 2.45) is 0 Å². The molecule has 6 nitrogen and oxygen atoms in total. The Labute approximate surface area is 215 Å². The van der Waals surface area contributed by atoms with Crippen LogP contribution in [-0.4, -0.2) is 18.4 Å². The molecule has 3 aromatic rings. The van der Waals surface area contributed by atoms with Gasteiger partial charge in [0.2, 0.25) is 0 Å². The molecule has 0 saturated carbocycles. The zero-order chi connectivity index (χ0) is 24.7. The van der Waals surface area contributed by atoms with Crippen molar-refractivity contribution in [2.75, 3.05) is 17.2 Å². The number of para-hydroxylation sites is 1. The summed E-state index contributed by atoms with van der Waals surface area (Å²) in [7, 11) is 0. The smallest absolute Gasteiger partial charge is 0.266 e. The lowest BCUT2D eigenvalue weighted by molar-refractivity contribution is -0.118.